The average molecular weight is 336 g/mol. The minimum atomic E-state index is -0.0613. The van der Waals surface area contributed by atoms with Gasteiger partial charge in [-0.05, 0) is 38.4 Å². The number of aromatic nitrogens is 2. The van der Waals surface area contributed by atoms with Gasteiger partial charge in [-0.2, -0.15) is 5.10 Å². The molecule has 1 amide bonds. The van der Waals surface area contributed by atoms with Crippen LogP contribution in [-0.4, -0.2) is 46.8 Å². The normalized spacial score (nSPS) is 17.8. The van der Waals surface area contributed by atoms with E-state index in [0.29, 0.717) is 18.7 Å². The van der Waals surface area contributed by atoms with E-state index in [0.717, 1.165) is 37.3 Å². The van der Waals surface area contributed by atoms with Gasteiger partial charge in [0.1, 0.15) is 0 Å². The van der Waals surface area contributed by atoms with Crippen LogP contribution in [0.5, 0.6) is 0 Å². The lowest BCUT2D eigenvalue weighted by atomic mass is 9.92. The molecule has 2 aromatic rings. The van der Waals surface area contributed by atoms with Crippen LogP contribution in [0.25, 0.3) is 5.69 Å². The molecule has 1 aromatic heterocycles. The number of hydrogen-bond acceptors (Lipinski definition) is 3. The van der Waals surface area contributed by atoms with Gasteiger partial charge >= 0.3 is 0 Å². The summed E-state index contributed by atoms with van der Waals surface area (Å²) in [7, 11) is 0. The van der Waals surface area contributed by atoms with Crippen molar-refractivity contribution in [2.24, 2.45) is 0 Å². The average Bonchev–Trinajstić information content (AvgIpc) is 3.09. The Bertz CT molecular complexity index is 760. The van der Waals surface area contributed by atoms with E-state index in [4.69, 9.17) is 11.5 Å². The van der Waals surface area contributed by atoms with Crippen molar-refractivity contribution in [2.45, 2.75) is 25.7 Å². The second-order valence-corrected chi connectivity index (χ2v) is 6.35. The van der Waals surface area contributed by atoms with Crippen molar-refractivity contribution in [2.75, 3.05) is 26.2 Å². The van der Waals surface area contributed by atoms with Crippen LogP contribution in [-0.2, 0) is 0 Å². The second kappa shape index (κ2) is 8.00. The first kappa shape index (κ1) is 17.2. The van der Waals surface area contributed by atoms with Crippen molar-refractivity contribution in [3.63, 3.8) is 0 Å². The third-order valence-electron chi connectivity index (χ3n) is 4.55. The van der Waals surface area contributed by atoms with Gasteiger partial charge in [-0.25, -0.2) is 4.68 Å². The summed E-state index contributed by atoms with van der Waals surface area (Å²) in [6.45, 7) is 5.03. The predicted molar refractivity (Wildman–Crippen MR) is 98.8 cm³/mol. The standard InChI is InChI=1S/C20H24N4O/c1-3-12-23-13-8-9-16(14-23)19-18(20(25)21-4-2)15-24(22-19)17-10-6-5-7-11-17/h1,5-7,10-11,15-16H,4,8-9,12-14H2,2H3,(H,21,25). The monoisotopic (exact) mass is 336 g/mol. The SMILES string of the molecule is C#CCN1CCCC(c2nn(-c3ccccc3)cc2C(=O)NCC)C1. The zero-order chi connectivity index (χ0) is 17.6. The Morgan fingerprint density at radius 1 is 1.40 bits per heavy atom. The van der Waals surface area contributed by atoms with E-state index in [1.165, 1.54) is 0 Å². The maximum Gasteiger partial charge on any atom is 0.254 e. The maximum absolute atomic E-state index is 12.5. The Labute approximate surface area is 149 Å². The summed E-state index contributed by atoms with van der Waals surface area (Å²) in [5.74, 6) is 2.88. The molecule has 0 aliphatic carbocycles. The van der Waals surface area contributed by atoms with Gasteiger partial charge in [-0.15, -0.1) is 6.42 Å². The third kappa shape index (κ3) is 3.92. The topological polar surface area (TPSA) is 50.2 Å². The number of piperidine rings is 1. The van der Waals surface area contributed by atoms with Crippen LogP contribution in [0.3, 0.4) is 0 Å². The molecule has 1 fully saturated rings. The molecule has 0 spiro atoms. The van der Waals surface area contributed by atoms with E-state index in [9.17, 15) is 4.79 Å². The number of para-hydroxylation sites is 1. The number of nitrogens with one attached hydrogen (secondary N) is 1. The van der Waals surface area contributed by atoms with E-state index in [2.05, 4.69) is 16.1 Å². The van der Waals surface area contributed by atoms with E-state index < -0.39 is 0 Å². The largest absolute Gasteiger partial charge is 0.352 e. The molecule has 130 valence electrons. The van der Waals surface area contributed by atoms with Crippen LogP contribution in [0.2, 0.25) is 0 Å². The van der Waals surface area contributed by atoms with Crippen LogP contribution in [0.1, 0.15) is 41.7 Å². The molecule has 1 atom stereocenters. The number of terminal acetylenes is 1. The maximum atomic E-state index is 12.5. The highest BCUT2D eigenvalue weighted by molar-refractivity contribution is 5.95. The molecule has 1 aliphatic rings. The molecule has 1 aromatic carbocycles. The lowest BCUT2D eigenvalue weighted by Crippen LogP contribution is -2.35. The van der Waals surface area contributed by atoms with Crippen LogP contribution < -0.4 is 5.32 Å². The number of amides is 1. The lowest BCUT2D eigenvalue weighted by molar-refractivity contribution is 0.0953. The minimum absolute atomic E-state index is 0.0613. The number of nitrogens with zero attached hydrogens (tertiary/aromatic N) is 3. The zero-order valence-corrected chi connectivity index (χ0v) is 14.6. The van der Waals surface area contributed by atoms with Gasteiger partial charge in [0.2, 0.25) is 0 Å². The molecule has 0 saturated carbocycles. The van der Waals surface area contributed by atoms with Gasteiger partial charge in [0, 0.05) is 25.2 Å². The summed E-state index contributed by atoms with van der Waals surface area (Å²) < 4.78 is 1.81. The molecule has 5 nitrogen and oxygen atoms in total. The van der Waals surface area contributed by atoms with Crippen LogP contribution in [0, 0.1) is 12.3 Å². The summed E-state index contributed by atoms with van der Waals surface area (Å²) >= 11 is 0. The van der Waals surface area contributed by atoms with Gasteiger partial charge in [0.05, 0.1) is 23.5 Å². The molecule has 5 heteroatoms. The van der Waals surface area contributed by atoms with Crippen LogP contribution in [0.15, 0.2) is 36.5 Å². The summed E-state index contributed by atoms with van der Waals surface area (Å²) in [6, 6.07) is 9.89. The fourth-order valence-corrected chi connectivity index (χ4v) is 3.38. The van der Waals surface area contributed by atoms with Crippen LogP contribution in [0.4, 0.5) is 0 Å². The predicted octanol–water partition coefficient (Wildman–Crippen LogP) is 2.43. The zero-order valence-electron chi connectivity index (χ0n) is 14.6. The van der Waals surface area contributed by atoms with Gasteiger partial charge < -0.3 is 5.32 Å². The molecule has 1 unspecified atom stereocenters. The molecule has 25 heavy (non-hydrogen) atoms. The summed E-state index contributed by atoms with van der Waals surface area (Å²) in [5.41, 5.74) is 2.49. The lowest BCUT2D eigenvalue weighted by Gasteiger charge is -2.30. The molecular formula is C20H24N4O. The van der Waals surface area contributed by atoms with Crippen molar-refractivity contribution >= 4 is 5.91 Å². The number of likely N-dealkylation sites (tertiary alicyclic amines) is 1. The fourth-order valence-electron chi connectivity index (χ4n) is 3.38. The van der Waals surface area contributed by atoms with Gasteiger partial charge in [0.15, 0.2) is 0 Å². The highest BCUT2D eigenvalue weighted by Gasteiger charge is 2.28. The van der Waals surface area contributed by atoms with E-state index >= 15 is 0 Å². The molecule has 1 aliphatic heterocycles. The summed E-state index contributed by atoms with van der Waals surface area (Å²) in [5, 5.41) is 7.68. The second-order valence-electron chi connectivity index (χ2n) is 6.35. The van der Waals surface area contributed by atoms with Crippen molar-refractivity contribution < 1.29 is 4.79 Å². The number of hydrogen-bond donors (Lipinski definition) is 1. The molecule has 1 saturated heterocycles. The van der Waals surface area contributed by atoms with E-state index in [-0.39, 0.29) is 11.8 Å². The van der Waals surface area contributed by atoms with E-state index in [1.807, 2.05) is 43.5 Å². The molecule has 0 radical (unpaired) electrons. The Morgan fingerprint density at radius 2 is 2.20 bits per heavy atom. The van der Waals surface area contributed by atoms with Gasteiger partial charge in [-0.1, -0.05) is 24.1 Å². The first-order valence-electron chi connectivity index (χ1n) is 8.82. The summed E-state index contributed by atoms with van der Waals surface area (Å²) in [6.07, 6.45) is 9.40. The summed E-state index contributed by atoms with van der Waals surface area (Å²) in [4.78, 5) is 14.8. The Hall–Kier alpha value is -2.58. The molecule has 1 N–H and O–H groups in total. The number of rotatable bonds is 5. The molecular weight excluding hydrogens is 312 g/mol. The van der Waals surface area contributed by atoms with Crippen LogP contribution >= 0.6 is 0 Å². The Morgan fingerprint density at radius 3 is 2.92 bits per heavy atom. The van der Waals surface area contributed by atoms with Gasteiger partial charge in [0.25, 0.3) is 5.91 Å². The first-order chi connectivity index (χ1) is 12.2. The number of carbonyl (C=O) groups excluding carboxylic acids is 1. The minimum Gasteiger partial charge on any atom is -0.352 e. The Kier molecular flexibility index (Phi) is 5.52. The molecule has 2 heterocycles. The third-order valence-corrected chi connectivity index (χ3v) is 4.55. The number of carbonyl (C=O) groups is 1. The van der Waals surface area contributed by atoms with Crippen molar-refractivity contribution in [1.29, 1.82) is 0 Å². The smallest absolute Gasteiger partial charge is 0.254 e. The van der Waals surface area contributed by atoms with Gasteiger partial charge in [-0.3, -0.25) is 9.69 Å². The number of benzene rings is 1. The first-order valence-corrected chi connectivity index (χ1v) is 8.82. The molecule has 3 rings (SSSR count). The quantitative estimate of drug-likeness (QED) is 0.853. The Balaban J connectivity index is 1.94. The van der Waals surface area contributed by atoms with Crippen molar-refractivity contribution in [1.82, 2.24) is 20.0 Å². The highest BCUT2D eigenvalue weighted by atomic mass is 16.1. The fraction of sp³-hybridized carbons (Fsp3) is 0.400. The highest BCUT2D eigenvalue weighted by Crippen LogP contribution is 2.29. The van der Waals surface area contributed by atoms with Crippen molar-refractivity contribution in [3.8, 4) is 18.0 Å². The molecule has 0 bridgehead atoms. The van der Waals surface area contributed by atoms with E-state index in [1.54, 1.807) is 4.68 Å². The van der Waals surface area contributed by atoms with Crippen molar-refractivity contribution in [3.05, 3.63) is 47.8 Å².